The highest BCUT2D eigenvalue weighted by atomic mass is 19.1. The molecule has 0 bridgehead atoms. The van der Waals surface area contributed by atoms with Gasteiger partial charge in [0.15, 0.2) is 0 Å². The molecule has 0 spiro atoms. The molecule has 3 rings (SSSR count). The molecule has 0 N–H and O–H groups in total. The van der Waals surface area contributed by atoms with Crippen LogP contribution in [0.2, 0.25) is 0 Å². The first-order valence-corrected chi connectivity index (χ1v) is 9.20. The van der Waals surface area contributed by atoms with Crippen molar-refractivity contribution < 1.29 is 18.5 Å². The Balaban J connectivity index is 1.63. The van der Waals surface area contributed by atoms with Crippen LogP contribution in [0.25, 0.3) is 11.3 Å². The van der Waals surface area contributed by atoms with E-state index in [2.05, 4.69) is 0 Å². The number of nitrogens with zero attached hydrogens (tertiary/aromatic N) is 2. The first-order valence-electron chi connectivity index (χ1n) is 9.20. The van der Waals surface area contributed by atoms with Crippen LogP contribution in [0.5, 0.6) is 0 Å². The summed E-state index contributed by atoms with van der Waals surface area (Å²) < 4.78 is 19.6. The summed E-state index contributed by atoms with van der Waals surface area (Å²) in [5, 5.41) is 11.0. The van der Waals surface area contributed by atoms with Crippen LogP contribution in [0, 0.1) is 15.9 Å². The summed E-state index contributed by atoms with van der Waals surface area (Å²) in [6, 6.07) is 15.7. The Morgan fingerprint density at radius 3 is 2.66 bits per heavy atom. The van der Waals surface area contributed by atoms with Crippen LogP contribution < -0.4 is 0 Å². The number of amides is 1. The molecule has 0 aliphatic rings. The molecule has 3 aromatic rings. The first-order chi connectivity index (χ1) is 13.9. The zero-order valence-corrected chi connectivity index (χ0v) is 16.2. The van der Waals surface area contributed by atoms with E-state index in [9.17, 15) is 19.3 Å². The maximum absolute atomic E-state index is 13.9. The molecule has 150 valence electrons. The van der Waals surface area contributed by atoms with E-state index in [4.69, 9.17) is 4.42 Å². The van der Waals surface area contributed by atoms with Gasteiger partial charge in [-0.25, -0.2) is 4.39 Å². The van der Waals surface area contributed by atoms with Crippen molar-refractivity contribution in [3.05, 3.63) is 87.9 Å². The van der Waals surface area contributed by atoms with Crippen molar-refractivity contribution >= 4 is 11.6 Å². The third kappa shape index (κ3) is 4.68. The molecule has 2 aromatic carbocycles. The van der Waals surface area contributed by atoms with E-state index in [0.29, 0.717) is 29.1 Å². The average Bonchev–Trinajstić information content (AvgIpc) is 3.20. The topological polar surface area (TPSA) is 76.6 Å². The summed E-state index contributed by atoms with van der Waals surface area (Å²) in [7, 11) is 1.67. The molecule has 6 nitrogen and oxygen atoms in total. The minimum Gasteiger partial charge on any atom is -0.461 e. The Morgan fingerprint density at radius 2 is 1.93 bits per heavy atom. The lowest BCUT2D eigenvalue weighted by atomic mass is 10.1. The molecule has 0 aliphatic heterocycles. The fourth-order valence-corrected chi connectivity index (χ4v) is 3.06. The largest absolute Gasteiger partial charge is 0.461 e. The first kappa shape index (κ1) is 20.3. The Hall–Kier alpha value is -3.48. The van der Waals surface area contributed by atoms with Gasteiger partial charge in [0.25, 0.3) is 5.69 Å². The third-order valence-corrected chi connectivity index (χ3v) is 4.92. The number of halogens is 1. The number of carbonyl (C=O) groups excluding carboxylic acids is 1. The highest BCUT2D eigenvalue weighted by molar-refractivity contribution is 5.76. The van der Waals surface area contributed by atoms with Crippen LogP contribution >= 0.6 is 0 Å². The smallest absolute Gasteiger partial charge is 0.269 e. The van der Waals surface area contributed by atoms with Crippen molar-refractivity contribution in [1.29, 1.82) is 0 Å². The minimum absolute atomic E-state index is 0.00791. The van der Waals surface area contributed by atoms with Crippen LogP contribution in [0.15, 0.2) is 65.1 Å². The van der Waals surface area contributed by atoms with Crippen molar-refractivity contribution in [1.82, 2.24) is 4.90 Å². The molecule has 29 heavy (non-hydrogen) atoms. The van der Waals surface area contributed by atoms with Gasteiger partial charge in [-0.05, 0) is 36.8 Å². The molecule has 0 saturated heterocycles. The molecular weight excluding hydrogens is 375 g/mol. The molecule has 1 amide bonds. The number of rotatable bonds is 7. The monoisotopic (exact) mass is 396 g/mol. The van der Waals surface area contributed by atoms with Gasteiger partial charge in [0.1, 0.15) is 17.3 Å². The average molecular weight is 396 g/mol. The number of carbonyl (C=O) groups is 1. The van der Waals surface area contributed by atoms with Crippen LogP contribution in [-0.4, -0.2) is 22.8 Å². The Kier molecular flexibility index (Phi) is 6.07. The number of nitro benzene ring substituents is 1. The van der Waals surface area contributed by atoms with Gasteiger partial charge in [-0.15, -0.1) is 0 Å². The van der Waals surface area contributed by atoms with Gasteiger partial charge in [-0.2, -0.15) is 0 Å². The number of nitro groups is 1. The second-order valence-electron chi connectivity index (χ2n) is 6.78. The van der Waals surface area contributed by atoms with E-state index < -0.39 is 4.92 Å². The predicted octanol–water partition coefficient (Wildman–Crippen LogP) is 5.15. The molecule has 0 unspecified atom stereocenters. The van der Waals surface area contributed by atoms with Gasteiger partial charge < -0.3 is 9.32 Å². The molecule has 0 radical (unpaired) electrons. The van der Waals surface area contributed by atoms with Crippen LogP contribution in [0.3, 0.4) is 0 Å². The second kappa shape index (κ2) is 8.68. The number of non-ortho nitro benzene ring substituents is 1. The standard InChI is InChI=1S/C22H21FN2O4/c1-15(16-6-5-7-17(14-16)25(27)28)24(2)22(26)13-11-18-10-12-21(29-18)19-8-3-4-9-20(19)23/h3-10,12,14-15H,11,13H2,1-2H3/t15-/m0/s1. The highest BCUT2D eigenvalue weighted by Crippen LogP contribution is 2.26. The zero-order chi connectivity index (χ0) is 21.0. The van der Waals surface area contributed by atoms with Gasteiger partial charge in [0.05, 0.1) is 16.5 Å². The number of benzene rings is 2. The van der Waals surface area contributed by atoms with Crippen LogP contribution in [-0.2, 0) is 11.2 Å². The predicted molar refractivity (Wildman–Crippen MR) is 107 cm³/mol. The van der Waals surface area contributed by atoms with Crippen molar-refractivity contribution in [2.24, 2.45) is 0 Å². The quantitative estimate of drug-likeness (QED) is 0.409. The van der Waals surface area contributed by atoms with E-state index >= 15 is 0 Å². The lowest BCUT2D eigenvalue weighted by Gasteiger charge is -2.25. The Bertz CT molecular complexity index is 1030. The Labute approximate surface area is 167 Å². The zero-order valence-electron chi connectivity index (χ0n) is 16.2. The molecule has 0 saturated carbocycles. The summed E-state index contributed by atoms with van der Waals surface area (Å²) >= 11 is 0. The number of hydrogen-bond donors (Lipinski definition) is 0. The van der Waals surface area contributed by atoms with E-state index in [-0.39, 0.29) is 29.9 Å². The maximum atomic E-state index is 13.9. The molecule has 1 atom stereocenters. The second-order valence-corrected chi connectivity index (χ2v) is 6.78. The summed E-state index contributed by atoms with van der Waals surface area (Å²) in [5.74, 6) is 0.528. The van der Waals surface area contributed by atoms with Gasteiger partial charge in [-0.1, -0.05) is 24.3 Å². The van der Waals surface area contributed by atoms with Crippen molar-refractivity contribution in [2.45, 2.75) is 25.8 Å². The van der Waals surface area contributed by atoms with Gasteiger partial charge in [-0.3, -0.25) is 14.9 Å². The maximum Gasteiger partial charge on any atom is 0.269 e. The lowest BCUT2D eigenvalue weighted by Crippen LogP contribution is -2.29. The number of hydrogen-bond acceptors (Lipinski definition) is 4. The van der Waals surface area contributed by atoms with Gasteiger partial charge >= 0.3 is 0 Å². The SMILES string of the molecule is C[C@@H](c1cccc([N+](=O)[O-])c1)N(C)C(=O)CCc1ccc(-c2ccccc2F)o1. The van der Waals surface area contributed by atoms with Crippen molar-refractivity contribution in [3.63, 3.8) is 0 Å². The van der Waals surface area contributed by atoms with E-state index in [0.717, 1.165) is 0 Å². The molecule has 1 heterocycles. The van der Waals surface area contributed by atoms with E-state index in [1.54, 1.807) is 54.4 Å². The van der Waals surface area contributed by atoms with E-state index in [1.165, 1.54) is 18.2 Å². The highest BCUT2D eigenvalue weighted by Gasteiger charge is 2.20. The third-order valence-electron chi connectivity index (χ3n) is 4.92. The van der Waals surface area contributed by atoms with Crippen molar-refractivity contribution in [3.8, 4) is 11.3 Å². The summed E-state index contributed by atoms with van der Waals surface area (Å²) in [5.41, 5.74) is 1.06. The summed E-state index contributed by atoms with van der Waals surface area (Å²) in [6.07, 6.45) is 0.583. The molecule has 7 heteroatoms. The molecular formula is C22H21FN2O4. The van der Waals surface area contributed by atoms with E-state index in [1.807, 2.05) is 6.92 Å². The van der Waals surface area contributed by atoms with Crippen molar-refractivity contribution in [2.75, 3.05) is 7.05 Å². The minimum atomic E-state index is -0.456. The molecule has 0 fully saturated rings. The fraction of sp³-hybridized carbons (Fsp3) is 0.227. The molecule has 1 aromatic heterocycles. The lowest BCUT2D eigenvalue weighted by molar-refractivity contribution is -0.384. The van der Waals surface area contributed by atoms with Gasteiger partial charge in [0, 0.05) is 32.0 Å². The summed E-state index contributed by atoms with van der Waals surface area (Å²) in [6.45, 7) is 1.82. The fourth-order valence-electron chi connectivity index (χ4n) is 3.06. The molecule has 0 aliphatic carbocycles. The number of aryl methyl sites for hydroxylation is 1. The Morgan fingerprint density at radius 1 is 1.17 bits per heavy atom. The van der Waals surface area contributed by atoms with Crippen LogP contribution in [0.1, 0.15) is 30.7 Å². The number of furan rings is 1. The summed E-state index contributed by atoms with van der Waals surface area (Å²) in [4.78, 5) is 24.6. The van der Waals surface area contributed by atoms with Gasteiger partial charge in [0.2, 0.25) is 5.91 Å². The van der Waals surface area contributed by atoms with Crippen LogP contribution in [0.4, 0.5) is 10.1 Å². The normalized spacial score (nSPS) is 11.8.